The normalized spacial score (nSPS) is 14.6. The molecule has 2 nitrogen and oxygen atoms in total. The van der Waals surface area contributed by atoms with E-state index in [1.54, 1.807) is 6.92 Å². The predicted molar refractivity (Wildman–Crippen MR) is 95.8 cm³/mol. The number of ketones is 1. The lowest BCUT2D eigenvalue weighted by molar-refractivity contribution is 0.101. The summed E-state index contributed by atoms with van der Waals surface area (Å²) in [6, 6.07) is 16.8. The molecule has 0 spiro atoms. The van der Waals surface area contributed by atoms with E-state index in [9.17, 15) is 4.79 Å². The number of rotatable bonds is 3. The van der Waals surface area contributed by atoms with Crippen molar-refractivity contribution in [1.82, 2.24) is 5.32 Å². The van der Waals surface area contributed by atoms with Crippen LogP contribution < -0.4 is 5.32 Å². The maximum absolute atomic E-state index is 11.5. The van der Waals surface area contributed by atoms with Crippen molar-refractivity contribution in [3.63, 3.8) is 0 Å². The zero-order chi connectivity index (χ0) is 16.2. The Hall–Kier alpha value is -2.19. The van der Waals surface area contributed by atoms with E-state index in [-0.39, 0.29) is 5.78 Å². The Bertz CT molecular complexity index is 715. The van der Waals surface area contributed by atoms with Crippen LogP contribution in [0, 0.1) is 6.92 Å². The van der Waals surface area contributed by atoms with Crippen molar-refractivity contribution in [1.29, 1.82) is 0 Å². The highest BCUT2D eigenvalue weighted by molar-refractivity contribution is 5.94. The first kappa shape index (κ1) is 15.7. The smallest absolute Gasteiger partial charge is 0.159 e. The molecule has 1 fully saturated rings. The average molecular weight is 305 g/mol. The number of hydrogen-bond donors (Lipinski definition) is 1. The van der Waals surface area contributed by atoms with Crippen molar-refractivity contribution in [2.75, 3.05) is 13.1 Å². The number of piperidine rings is 1. The fraction of sp³-hybridized carbons (Fsp3) is 0.286. The van der Waals surface area contributed by atoms with E-state index < -0.39 is 0 Å². The van der Waals surface area contributed by atoms with Crippen LogP contribution in [-0.4, -0.2) is 18.9 Å². The summed E-state index contributed by atoms with van der Waals surface area (Å²) in [5, 5.41) is 3.43. The Morgan fingerprint density at radius 2 is 1.30 bits per heavy atom. The number of carbonyl (C=O) groups is 1. The fourth-order valence-electron chi connectivity index (χ4n) is 3.15. The topological polar surface area (TPSA) is 29.1 Å². The second-order valence-electron chi connectivity index (χ2n) is 6.23. The van der Waals surface area contributed by atoms with Crippen LogP contribution >= 0.6 is 0 Å². The predicted octanol–water partition coefficient (Wildman–Crippen LogP) is 4.38. The number of benzene rings is 2. The third kappa shape index (κ3) is 3.59. The fourth-order valence-corrected chi connectivity index (χ4v) is 3.15. The van der Waals surface area contributed by atoms with Gasteiger partial charge in [0.05, 0.1) is 0 Å². The Balaban J connectivity index is 2.08. The lowest BCUT2D eigenvalue weighted by atomic mass is 9.88. The van der Waals surface area contributed by atoms with Gasteiger partial charge >= 0.3 is 0 Å². The SMILES string of the molecule is CC(=O)c1ccc(C(=C2CCNCC2)c2ccc(C)cc2)cc1. The molecule has 2 aromatic rings. The van der Waals surface area contributed by atoms with Crippen LogP contribution in [0.1, 0.15) is 46.8 Å². The van der Waals surface area contributed by atoms with Crippen LogP contribution in [0.2, 0.25) is 0 Å². The van der Waals surface area contributed by atoms with Crippen molar-refractivity contribution in [3.8, 4) is 0 Å². The van der Waals surface area contributed by atoms with Crippen molar-refractivity contribution in [2.45, 2.75) is 26.7 Å². The summed E-state index contributed by atoms with van der Waals surface area (Å²) in [6.45, 7) is 5.80. The number of carbonyl (C=O) groups excluding carboxylic acids is 1. The van der Waals surface area contributed by atoms with Gasteiger partial charge in [-0.3, -0.25) is 4.79 Å². The first-order valence-electron chi connectivity index (χ1n) is 8.26. The van der Waals surface area contributed by atoms with Crippen LogP contribution in [0.25, 0.3) is 5.57 Å². The number of hydrogen-bond acceptors (Lipinski definition) is 2. The molecule has 0 unspecified atom stereocenters. The zero-order valence-electron chi connectivity index (χ0n) is 13.9. The molecule has 0 aliphatic carbocycles. The van der Waals surface area contributed by atoms with E-state index in [1.807, 2.05) is 12.1 Å². The lowest BCUT2D eigenvalue weighted by Crippen LogP contribution is -2.23. The molecular formula is C21H23NO. The van der Waals surface area contributed by atoms with Gasteiger partial charge in [-0.1, -0.05) is 59.7 Å². The molecule has 1 saturated heterocycles. The highest BCUT2D eigenvalue weighted by Gasteiger charge is 2.15. The van der Waals surface area contributed by atoms with Gasteiger partial charge < -0.3 is 5.32 Å². The molecule has 2 heteroatoms. The minimum absolute atomic E-state index is 0.114. The lowest BCUT2D eigenvalue weighted by Gasteiger charge is -2.21. The third-order valence-corrected chi connectivity index (χ3v) is 4.48. The first-order valence-corrected chi connectivity index (χ1v) is 8.26. The first-order chi connectivity index (χ1) is 11.1. The standard InChI is InChI=1S/C21H23NO/c1-15-3-5-18(6-4-15)21(20-11-13-22-14-12-20)19-9-7-17(8-10-19)16(2)23/h3-10,22H,11-14H2,1-2H3. The molecule has 1 aliphatic heterocycles. The number of aryl methyl sites for hydroxylation is 1. The van der Waals surface area contributed by atoms with Gasteiger partial charge in [-0.05, 0) is 56.5 Å². The quantitative estimate of drug-likeness (QED) is 0.852. The number of Topliss-reactive ketones (excluding diaryl/α,β-unsaturated/α-hetero) is 1. The molecule has 0 atom stereocenters. The van der Waals surface area contributed by atoms with Gasteiger partial charge in [-0.25, -0.2) is 0 Å². The van der Waals surface area contributed by atoms with E-state index in [4.69, 9.17) is 0 Å². The molecule has 1 N–H and O–H groups in total. The van der Waals surface area contributed by atoms with E-state index in [0.29, 0.717) is 0 Å². The molecule has 0 saturated carbocycles. The minimum Gasteiger partial charge on any atom is -0.316 e. The Kier molecular flexibility index (Phi) is 4.73. The van der Waals surface area contributed by atoms with Crippen LogP contribution in [0.15, 0.2) is 54.1 Å². The monoisotopic (exact) mass is 305 g/mol. The summed E-state index contributed by atoms with van der Waals surface area (Å²) < 4.78 is 0. The molecule has 0 radical (unpaired) electrons. The highest BCUT2D eigenvalue weighted by Crippen LogP contribution is 2.31. The maximum atomic E-state index is 11.5. The van der Waals surface area contributed by atoms with Crippen LogP contribution in [-0.2, 0) is 0 Å². The van der Waals surface area contributed by atoms with Crippen LogP contribution in [0.4, 0.5) is 0 Å². The summed E-state index contributed by atoms with van der Waals surface area (Å²) >= 11 is 0. The molecule has 1 heterocycles. The van der Waals surface area contributed by atoms with Gasteiger partial charge in [-0.2, -0.15) is 0 Å². The number of nitrogens with one attached hydrogen (secondary N) is 1. The zero-order valence-corrected chi connectivity index (χ0v) is 13.9. The van der Waals surface area contributed by atoms with Gasteiger partial charge in [0.1, 0.15) is 0 Å². The largest absolute Gasteiger partial charge is 0.316 e. The van der Waals surface area contributed by atoms with Crippen LogP contribution in [0.5, 0.6) is 0 Å². The second-order valence-corrected chi connectivity index (χ2v) is 6.23. The van der Waals surface area contributed by atoms with Gasteiger partial charge in [0.2, 0.25) is 0 Å². The minimum atomic E-state index is 0.114. The van der Waals surface area contributed by atoms with Crippen molar-refractivity contribution < 1.29 is 4.79 Å². The molecule has 118 valence electrons. The summed E-state index contributed by atoms with van der Waals surface area (Å²) in [4.78, 5) is 11.5. The molecule has 1 aliphatic rings. The van der Waals surface area contributed by atoms with E-state index in [0.717, 1.165) is 31.5 Å². The van der Waals surface area contributed by atoms with Crippen LogP contribution in [0.3, 0.4) is 0 Å². The Morgan fingerprint density at radius 1 is 0.826 bits per heavy atom. The molecule has 23 heavy (non-hydrogen) atoms. The molecule has 3 rings (SSSR count). The van der Waals surface area contributed by atoms with E-state index >= 15 is 0 Å². The van der Waals surface area contributed by atoms with E-state index in [1.165, 1.54) is 27.8 Å². The maximum Gasteiger partial charge on any atom is 0.159 e. The third-order valence-electron chi connectivity index (χ3n) is 4.48. The molecule has 0 amide bonds. The Labute approximate surface area is 138 Å². The van der Waals surface area contributed by atoms with Crippen molar-refractivity contribution in [2.24, 2.45) is 0 Å². The average Bonchev–Trinajstić information content (AvgIpc) is 2.58. The Morgan fingerprint density at radius 3 is 1.83 bits per heavy atom. The summed E-state index contributed by atoms with van der Waals surface area (Å²) in [7, 11) is 0. The summed E-state index contributed by atoms with van der Waals surface area (Å²) in [6.07, 6.45) is 2.16. The van der Waals surface area contributed by atoms with Gasteiger partial charge in [0.15, 0.2) is 5.78 Å². The van der Waals surface area contributed by atoms with Gasteiger partial charge in [0.25, 0.3) is 0 Å². The molecule has 2 aromatic carbocycles. The molecule has 0 bridgehead atoms. The van der Waals surface area contributed by atoms with Crippen molar-refractivity contribution >= 4 is 11.4 Å². The summed E-state index contributed by atoms with van der Waals surface area (Å²) in [5.74, 6) is 0.114. The summed E-state index contributed by atoms with van der Waals surface area (Å²) in [5.41, 5.74) is 7.35. The second kappa shape index (κ2) is 6.93. The van der Waals surface area contributed by atoms with Gasteiger partial charge in [0, 0.05) is 5.56 Å². The molecule has 0 aromatic heterocycles. The molecular weight excluding hydrogens is 282 g/mol. The highest BCUT2D eigenvalue weighted by atomic mass is 16.1. The van der Waals surface area contributed by atoms with Crippen molar-refractivity contribution in [3.05, 3.63) is 76.4 Å². The van der Waals surface area contributed by atoms with E-state index in [2.05, 4.69) is 48.6 Å². The van der Waals surface area contributed by atoms with Gasteiger partial charge in [-0.15, -0.1) is 0 Å².